The number of nitrogens with one attached hydrogen (secondary N) is 2. The Morgan fingerprint density at radius 2 is 2.04 bits per heavy atom. The Morgan fingerprint density at radius 3 is 2.75 bits per heavy atom. The number of carbonyl (C=O) groups is 1. The Hall–Kier alpha value is -3.22. The second kappa shape index (κ2) is 6.49. The molecule has 3 aromatic rings. The standard InChI is InChI=1S/C17H17N5O2/c1-11-5-6-14(17(24)21-11)16(23)20-10-13-4-3-7-19-15(13)22-9-8-18-12(22)2/h3-9H,10H2,1-2H3,(H,20,23)(H,21,24). The van der Waals surface area contributed by atoms with Crippen molar-refractivity contribution in [3.63, 3.8) is 0 Å². The lowest BCUT2D eigenvalue weighted by Gasteiger charge is -2.11. The Labute approximate surface area is 138 Å². The number of nitrogens with zero attached hydrogens (tertiary/aromatic N) is 3. The molecule has 0 aromatic carbocycles. The smallest absolute Gasteiger partial charge is 0.260 e. The summed E-state index contributed by atoms with van der Waals surface area (Å²) < 4.78 is 1.85. The van der Waals surface area contributed by atoms with E-state index in [0.29, 0.717) is 11.5 Å². The molecule has 2 N–H and O–H groups in total. The first-order valence-corrected chi connectivity index (χ1v) is 7.48. The maximum Gasteiger partial charge on any atom is 0.260 e. The second-order valence-corrected chi connectivity index (χ2v) is 5.40. The van der Waals surface area contributed by atoms with Crippen LogP contribution >= 0.6 is 0 Å². The number of aromatic amines is 1. The van der Waals surface area contributed by atoms with E-state index in [2.05, 4.69) is 20.3 Å². The fourth-order valence-electron chi connectivity index (χ4n) is 2.41. The van der Waals surface area contributed by atoms with Crippen LogP contribution in [0.3, 0.4) is 0 Å². The number of hydrogen-bond acceptors (Lipinski definition) is 4. The quantitative estimate of drug-likeness (QED) is 0.761. The lowest BCUT2D eigenvalue weighted by atomic mass is 10.2. The van der Waals surface area contributed by atoms with Crippen LogP contribution < -0.4 is 10.9 Å². The predicted octanol–water partition coefficient (Wildman–Crippen LogP) is 1.50. The topological polar surface area (TPSA) is 92.7 Å². The Morgan fingerprint density at radius 1 is 1.21 bits per heavy atom. The number of imidazole rings is 1. The molecule has 1 amide bonds. The third kappa shape index (κ3) is 3.10. The van der Waals surface area contributed by atoms with Crippen molar-refractivity contribution in [2.24, 2.45) is 0 Å². The van der Waals surface area contributed by atoms with Gasteiger partial charge < -0.3 is 10.3 Å². The molecule has 0 fully saturated rings. The molecule has 0 saturated carbocycles. The van der Waals surface area contributed by atoms with Gasteiger partial charge >= 0.3 is 0 Å². The van der Waals surface area contributed by atoms with Gasteiger partial charge in [-0.05, 0) is 32.0 Å². The van der Waals surface area contributed by atoms with Crippen molar-refractivity contribution in [2.45, 2.75) is 20.4 Å². The Kier molecular flexibility index (Phi) is 4.24. The zero-order valence-electron chi connectivity index (χ0n) is 13.4. The van der Waals surface area contributed by atoms with Gasteiger partial charge in [-0.15, -0.1) is 0 Å². The first-order chi connectivity index (χ1) is 11.6. The Bertz CT molecular complexity index is 942. The monoisotopic (exact) mass is 323 g/mol. The summed E-state index contributed by atoms with van der Waals surface area (Å²) in [7, 11) is 0. The highest BCUT2D eigenvalue weighted by Gasteiger charge is 2.12. The summed E-state index contributed by atoms with van der Waals surface area (Å²) >= 11 is 0. The lowest BCUT2D eigenvalue weighted by Crippen LogP contribution is -2.29. The molecular formula is C17H17N5O2. The number of aryl methyl sites for hydroxylation is 2. The van der Waals surface area contributed by atoms with Gasteiger partial charge in [-0.2, -0.15) is 0 Å². The molecule has 3 aromatic heterocycles. The van der Waals surface area contributed by atoms with E-state index in [1.807, 2.05) is 23.8 Å². The lowest BCUT2D eigenvalue weighted by molar-refractivity contribution is 0.0949. The number of H-pyrrole nitrogens is 1. The second-order valence-electron chi connectivity index (χ2n) is 5.40. The molecule has 7 nitrogen and oxygen atoms in total. The normalized spacial score (nSPS) is 10.6. The van der Waals surface area contributed by atoms with Crippen molar-refractivity contribution in [1.29, 1.82) is 0 Å². The molecule has 3 heterocycles. The molecule has 0 spiro atoms. The number of aromatic nitrogens is 4. The van der Waals surface area contributed by atoms with Crippen LogP contribution in [0.15, 0.2) is 47.7 Å². The van der Waals surface area contributed by atoms with Gasteiger partial charge in [-0.3, -0.25) is 14.2 Å². The highest BCUT2D eigenvalue weighted by atomic mass is 16.2. The SMILES string of the molecule is Cc1ccc(C(=O)NCc2cccnc2-n2ccnc2C)c(=O)[nH]1. The van der Waals surface area contributed by atoms with Crippen LogP contribution in [0.4, 0.5) is 0 Å². The first-order valence-electron chi connectivity index (χ1n) is 7.48. The van der Waals surface area contributed by atoms with E-state index in [0.717, 1.165) is 11.4 Å². The zero-order valence-corrected chi connectivity index (χ0v) is 13.4. The maximum absolute atomic E-state index is 12.2. The van der Waals surface area contributed by atoms with Crippen LogP contribution in [0.1, 0.15) is 27.4 Å². The number of carbonyl (C=O) groups excluding carboxylic acids is 1. The summed E-state index contributed by atoms with van der Waals surface area (Å²) in [5.74, 6) is 1.08. The van der Waals surface area contributed by atoms with Crippen LogP contribution in [0.2, 0.25) is 0 Å². The molecule has 0 aliphatic heterocycles. The van der Waals surface area contributed by atoms with E-state index in [9.17, 15) is 9.59 Å². The van der Waals surface area contributed by atoms with E-state index in [-0.39, 0.29) is 12.1 Å². The summed E-state index contributed by atoms with van der Waals surface area (Å²) in [5.41, 5.74) is 1.23. The van der Waals surface area contributed by atoms with Crippen molar-refractivity contribution in [2.75, 3.05) is 0 Å². The minimum atomic E-state index is -0.423. The predicted molar refractivity (Wildman–Crippen MR) is 89.1 cm³/mol. The molecule has 0 saturated heterocycles. The fraction of sp³-hybridized carbons (Fsp3) is 0.176. The molecular weight excluding hydrogens is 306 g/mol. The van der Waals surface area contributed by atoms with E-state index in [4.69, 9.17) is 0 Å². The van der Waals surface area contributed by atoms with Gasteiger partial charge in [0.1, 0.15) is 17.2 Å². The fourth-order valence-corrected chi connectivity index (χ4v) is 2.41. The molecule has 24 heavy (non-hydrogen) atoms. The van der Waals surface area contributed by atoms with Crippen molar-refractivity contribution >= 4 is 5.91 Å². The van der Waals surface area contributed by atoms with E-state index < -0.39 is 11.5 Å². The number of amides is 1. The van der Waals surface area contributed by atoms with Gasteiger partial charge in [-0.25, -0.2) is 9.97 Å². The molecule has 0 bridgehead atoms. The van der Waals surface area contributed by atoms with Crippen molar-refractivity contribution < 1.29 is 4.79 Å². The van der Waals surface area contributed by atoms with Crippen LogP contribution in [0.25, 0.3) is 5.82 Å². The average molecular weight is 323 g/mol. The summed E-state index contributed by atoms with van der Waals surface area (Å²) in [6.45, 7) is 3.90. The largest absolute Gasteiger partial charge is 0.348 e. The summed E-state index contributed by atoms with van der Waals surface area (Å²) in [5, 5.41) is 2.76. The zero-order chi connectivity index (χ0) is 17.1. The van der Waals surface area contributed by atoms with E-state index >= 15 is 0 Å². The average Bonchev–Trinajstić information content (AvgIpc) is 2.99. The number of hydrogen-bond donors (Lipinski definition) is 2. The summed E-state index contributed by atoms with van der Waals surface area (Å²) in [6.07, 6.45) is 5.19. The van der Waals surface area contributed by atoms with Gasteiger partial charge in [-0.1, -0.05) is 6.07 Å². The molecule has 0 radical (unpaired) electrons. The van der Waals surface area contributed by atoms with Crippen LogP contribution in [-0.2, 0) is 6.54 Å². The minimum Gasteiger partial charge on any atom is -0.348 e. The summed E-state index contributed by atoms with van der Waals surface area (Å²) in [6, 6.07) is 6.89. The first kappa shape index (κ1) is 15.7. The van der Waals surface area contributed by atoms with Crippen molar-refractivity contribution in [1.82, 2.24) is 24.8 Å². The van der Waals surface area contributed by atoms with E-state index in [1.165, 1.54) is 6.07 Å². The molecule has 7 heteroatoms. The van der Waals surface area contributed by atoms with Gasteiger partial charge in [0.05, 0.1) is 0 Å². The molecule has 122 valence electrons. The number of rotatable bonds is 4. The highest BCUT2D eigenvalue weighted by molar-refractivity contribution is 5.93. The Balaban J connectivity index is 1.82. The molecule has 0 aliphatic rings. The van der Waals surface area contributed by atoms with Crippen LogP contribution in [-0.4, -0.2) is 25.4 Å². The minimum absolute atomic E-state index is 0.0878. The molecule has 0 unspecified atom stereocenters. The molecule has 3 rings (SSSR count). The van der Waals surface area contributed by atoms with Crippen molar-refractivity contribution in [3.05, 3.63) is 75.9 Å². The molecule has 0 atom stereocenters. The van der Waals surface area contributed by atoms with Gasteiger partial charge in [0.25, 0.3) is 11.5 Å². The third-order valence-electron chi connectivity index (χ3n) is 3.66. The van der Waals surface area contributed by atoms with E-state index in [1.54, 1.807) is 31.5 Å². The van der Waals surface area contributed by atoms with Crippen LogP contribution in [0, 0.1) is 13.8 Å². The number of pyridine rings is 2. The van der Waals surface area contributed by atoms with Gasteiger partial charge in [0.2, 0.25) is 0 Å². The summed E-state index contributed by atoms with van der Waals surface area (Å²) in [4.78, 5) is 35.3. The third-order valence-corrected chi connectivity index (χ3v) is 3.66. The van der Waals surface area contributed by atoms with Gasteiger partial charge in [0, 0.05) is 36.4 Å². The maximum atomic E-state index is 12.2. The van der Waals surface area contributed by atoms with Crippen LogP contribution in [0.5, 0.6) is 0 Å². The van der Waals surface area contributed by atoms with Crippen molar-refractivity contribution in [3.8, 4) is 5.82 Å². The van der Waals surface area contributed by atoms with Gasteiger partial charge in [0.15, 0.2) is 0 Å². The highest BCUT2D eigenvalue weighted by Crippen LogP contribution is 2.13. The molecule has 0 aliphatic carbocycles.